The van der Waals surface area contributed by atoms with Crippen LogP contribution >= 0.6 is 0 Å². The number of H-pyrrole nitrogens is 1. The molecular formula is C28H33F2N5O6S. The highest BCUT2D eigenvalue weighted by Crippen LogP contribution is 2.30. The van der Waals surface area contributed by atoms with Gasteiger partial charge in [-0.15, -0.1) is 0 Å². The first-order valence-corrected chi connectivity index (χ1v) is 14.9. The lowest BCUT2D eigenvalue weighted by Gasteiger charge is -2.30. The van der Waals surface area contributed by atoms with E-state index in [2.05, 4.69) is 42.8 Å². The Morgan fingerprint density at radius 1 is 1.14 bits per heavy atom. The highest BCUT2D eigenvalue weighted by molar-refractivity contribution is 7.89. The summed E-state index contributed by atoms with van der Waals surface area (Å²) in [5, 5.41) is 18.8. The molecule has 0 amide bonds. The van der Waals surface area contributed by atoms with E-state index in [1.54, 1.807) is 0 Å². The molecule has 42 heavy (non-hydrogen) atoms. The molecule has 0 unspecified atom stereocenters. The third kappa shape index (κ3) is 6.82. The number of nitro groups is 1. The fourth-order valence-electron chi connectivity index (χ4n) is 5.12. The number of carbonyl (C=O) groups is 1. The number of hydrogen-bond donors (Lipinski definition) is 1. The molecule has 3 aromatic rings. The molecule has 0 fully saturated rings. The quantitative estimate of drug-likeness (QED) is 0.184. The van der Waals surface area contributed by atoms with Gasteiger partial charge in [-0.1, -0.05) is 0 Å². The Hall–Kier alpha value is -3.75. The number of nitrogens with one attached hydrogen (secondary N) is 1. The normalized spacial score (nSPS) is 14.0. The van der Waals surface area contributed by atoms with Crippen molar-refractivity contribution in [2.45, 2.75) is 64.1 Å². The first-order valence-electron chi connectivity index (χ1n) is 13.5. The average Bonchev–Trinajstić information content (AvgIpc) is 3.31. The maximum absolute atomic E-state index is 13.7. The Bertz CT molecular complexity index is 1560. The largest absolute Gasteiger partial charge is 0.492 e. The van der Waals surface area contributed by atoms with Crippen molar-refractivity contribution in [2.24, 2.45) is 0 Å². The smallest absolute Gasteiger partial charge is 0.283 e. The van der Waals surface area contributed by atoms with Crippen LogP contribution in [-0.2, 0) is 29.4 Å². The van der Waals surface area contributed by atoms with Gasteiger partial charge in [-0.2, -0.15) is 9.40 Å². The van der Waals surface area contributed by atoms with Crippen LogP contribution < -0.4 is 4.74 Å². The highest BCUT2D eigenvalue weighted by atomic mass is 32.2. The number of hydrogen-bond acceptors (Lipinski definition) is 8. The number of benzene rings is 2. The number of Topliss-reactive ketones (excluding diaryl/α,β-unsaturated/α-hetero) is 1. The predicted octanol–water partition coefficient (Wildman–Crippen LogP) is 4.27. The molecule has 4 rings (SSSR count). The van der Waals surface area contributed by atoms with Crippen molar-refractivity contribution in [3.05, 3.63) is 80.7 Å². The number of halogens is 2. The van der Waals surface area contributed by atoms with Crippen molar-refractivity contribution < 1.29 is 31.7 Å². The summed E-state index contributed by atoms with van der Waals surface area (Å²) in [5.74, 6) is -2.36. The van der Waals surface area contributed by atoms with Gasteiger partial charge in [-0.3, -0.25) is 24.9 Å². The molecule has 1 N–H and O–H groups in total. The lowest BCUT2D eigenvalue weighted by molar-refractivity contribution is -0.385. The zero-order chi connectivity index (χ0) is 30.8. The summed E-state index contributed by atoms with van der Waals surface area (Å²) in [6.45, 7) is 9.06. The number of aromatic nitrogens is 2. The molecule has 2 heterocycles. The molecule has 0 spiro atoms. The van der Waals surface area contributed by atoms with Crippen LogP contribution in [0.1, 0.15) is 55.0 Å². The van der Waals surface area contributed by atoms with Gasteiger partial charge in [0.25, 0.3) is 5.69 Å². The number of ether oxygens (including phenoxy) is 1. The van der Waals surface area contributed by atoms with Crippen LogP contribution in [-0.4, -0.2) is 70.3 Å². The van der Waals surface area contributed by atoms with E-state index in [4.69, 9.17) is 4.74 Å². The van der Waals surface area contributed by atoms with Crippen LogP contribution in [0.4, 0.5) is 14.5 Å². The topological polar surface area (TPSA) is 139 Å². The van der Waals surface area contributed by atoms with Crippen molar-refractivity contribution in [1.29, 1.82) is 0 Å². The Kier molecular flexibility index (Phi) is 9.38. The Labute approximate surface area is 242 Å². The summed E-state index contributed by atoms with van der Waals surface area (Å²) in [5.41, 5.74) is 0.745. The average molecular weight is 606 g/mol. The van der Waals surface area contributed by atoms with Crippen LogP contribution in [0.3, 0.4) is 0 Å². The molecule has 0 radical (unpaired) electrons. The Morgan fingerprint density at radius 3 is 2.43 bits per heavy atom. The second kappa shape index (κ2) is 12.6. The zero-order valence-electron chi connectivity index (χ0n) is 23.8. The molecule has 14 heteroatoms. The van der Waals surface area contributed by atoms with Crippen LogP contribution in [0.2, 0.25) is 0 Å². The van der Waals surface area contributed by atoms with Crippen LogP contribution in [0.25, 0.3) is 0 Å². The summed E-state index contributed by atoms with van der Waals surface area (Å²) in [6, 6.07) is 6.72. The molecule has 226 valence electrons. The standard InChI is InChI=1S/C28H33F2N5O6S/c1-17(2)34(18(3)4)9-10-41-21-5-6-23(27(14-21)35(37)38)28(36)15-26-24-16-33(8-7-25(24)31-32-26)42(39,40)22-12-19(29)11-20(30)13-22/h5-6,11-14,17-18H,7-10,15-16H2,1-4H3,(H,31,32). The molecule has 0 saturated carbocycles. The number of fused-ring (bicyclic) bond motifs is 1. The molecule has 2 aromatic carbocycles. The summed E-state index contributed by atoms with van der Waals surface area (Å²) >= 11 is 0. The molecule has 1 aliphatic rings. The van der Waals surface area contributed by atoms with Crippen molar-refractivity contribution in [1.82, 2.24) is 19.4 Å². The Morgan fingerprint density at radius 2 is 1.81 bits per heavy atom. The monoisotopic (exact) mass is 605 g/mol. The van der Waals surface area contributed by atoms with E-state index in [0.29, 0.717) is 42.6 Å². The molecule has 0 saturated heterocycles. The van der Waals surface area contributed by atoms with Crippen LogP contribution in [0, 0.1) is 21.7 Å². The number of aromatic amines is 1. The molecular weight excluding hydrogens is 572 g/mol. The lowest BCUT2D eigenvalue weighted by Crippen LogP contribution is -2.39. The molecule has 0 atom stereocenters. The molecule has 0 bridgehead atoms. The lowest BCUT2D eigenvalue weighted by atomic mass is 10.00. The van der Waals surface area contributed by atoms with E-state index >= 15 is 0 Å². The summed E-state index contributed by atoms with van der Waals surface area (Å²) in [4.78, 5) is 26.1. The zero-order valence-corrected chi connectivity index (χ0v) is 24.6. The maximum Gasteiger partial charge on any atom is 0.283 e. The van der Waals surface area contributed by atoms with E-state index in [1.807, 2.05) is 0 Å². The van der Waals surface area contributed by atoms with Crippen molar-refractivity contribution in [3.8, 4) is 5.75 Å². The first kappa shape index (κ1) is 31.2. The molecule has 0 aliphatic carbocycles. The second-order valence-electron chi connectivity index (χ2n) is 10.6. The fourth-order valence-corrected chi connectivity index (χ4v) is 6.58. The van der Waals surface area contributed by atoms with Crippen molar-refractivity contribution in [3.63, 3.8) is 0 Å². The third-order valence-electron chi connectivity index (χ3n) is 7.20. The van der Waals surface area contributed by atoms with E-state index in [9.17, 15) is 32.1 Å². The number of nitro benzene ring substituents is 1. The molecule has 1 aliphatic heterocycles. The van der Waals surface area contributed by atoms with Crippen LogP contribution in [0.15, 0.2) is 41.3 Å². The maximum atomic E-state index is 13.7. The van der Waals surface area contributed by atoms with Gasteiger partial charge in [-0.25, -0.2) is 17.2 Å². The van der Waals surface area contributed by atoms with Crippen LogP contribution in [0.5, 0.6) is 5.75 Å². The van der Waals surface area contributed by atoms with Gasteiger partial charge < -0.3 is 4.74 Å². The van der Waals surface area contributed by atoms with Gasteiger partial charge >= 0.3 is 0 Å². The van der Waals surface area contributed by atoms with Crippen molar-refractivity contribution in [2.75, 3.05) is 19.7 Å². The van der Waals surface area contributed by atoms with Gasteiger partial charge in [0.05, 0.1) is 33.6 Å². The number of ketones is 1. The second-order valence-corrected chi connectivity index (χ2v) is 12.6. The predicted molar refractivity (Wildman–Crippen MR) is 150 cm³/mol. The van der Waals surface area contributed by atoms with Gasteiger partial charge in [-0.05, 0) is 52.0 Å². The summed E-state index contributed by atoms with van der Waals surface area (Å²) < 4.78 is 60.5. The van der Waals surface area contributed by atoms with Gasteiger partial charge in [0.15, 0.2) is 5.78 Å². The third-order valence-corrected chi connectivity index (χ3v) is 9.02. The fraction of sp³-hybridized carbons (Fsp3) is 0.429. The SMILES string of the molecule is CC(C)N(CCOc1ccc(C(=O)Cc2n[nH]c3c2CN(S(=O)(=O)c2cc(F)cc(F)c2)CC3)c([N+](=O)[O-])c1)C(C)C. The molecule has 11 nitrogen and oxygen atoms in total. The van der Waals surface area contributed by atoms with E-state index in [0.717, 1.165) is 16.4 Å². The first-order chi connectivity index (χ1) is 19.8. The van der Waals surface area contributed by atoms with Gasteiger partial charge in [0, 0.05) is 55.5 Å². The summed E-state index contributed by atoms with van der Waals surface area (Å²) in [6.07, 6.45) is -0.0993. The van der Waals surface area contributed by atoms with Crippen molar-refractivity contribution >= 4 is 21.5 Å². The number of nitrogens with zero attached hydrogens (tertiary/aromatic N) is 4. The highest BCUT2D eigenvalue weighted by Gasteiger charge is 2.33. The Balaban J connectivity index is 1.50. The number of rotatable bonds is 12. The van der Waals surface area contributed by atoms with Gasteiger partial charge in [0.1, 0.15) is 24.0 Å². The number of carbonyl (C=O) groups excluding carboxylic acids is 1. The minimum Gasteiger partial charge on any atom is -0.492 e. The minimum atomic E-state index is -4.25. The summed E-state index contributed by atoms with van der Waals surface area (Å²) in [7, 11) is -4.25. The minimum absolute atomic E-state index is 0.0298. The van der Waals surface area contributed by atoms with E-state index < -0.39 is 42.9 Å². The van der Waals surface area contributed by atoms with Gasteiger partial charge in [0.2, 0.25) is 10.0 Å². The molecule has 1 aromatic heterocycles. The van der Waals surface area contributed by atoms with E-state index in [-0.39, 0.29) is 42.9 Å². The van der Waals surface area contributed by atoms with E-state index in [1.165, 1.54) is 18.2 Å². The number of sulfonamides is 1.